The van der Waals surface area contributed by atoms with E-state index in [2.05, 4.69) is 36.3 Å². The van der Waals surface area contributed by atoms with E-state index in [9.17, 15) is 9.18 Å². The summed E-state index contributed by atoms with van der Waals surface area (Å²) in [5.74, 6) is -0.00516. The zero-order chi connectivity index (χ0) is 19.1. The van der Waals surface area contributed by atoms with E-state index in [1.165, 1.54) is 12.1 Å². The predicted molar refractivity (Wildman–Crippen MR) is 101 cm³/mol. The summed E-state index contributed by atoms with van der Waals surface area (Å²) in [6, 6.07) is 10.9. The Morgan fingerprint density at radius 3 is 2.50 bits per heavy atom. The molecule has 0 saturated heterocycles. The molecule has 0 unspecified atom stereocenters. The van der Waals surface area contributed by atoms with Crippen molar-refractivity contribution < 1.29 is 13.9 Å². The monoisotopic (exact) mass is 360 g/mol. The van der Waals surface area contributed by atoms with Crippen LogP contribution in [0.2, 0.25) is 0 Å². The van der Waals surface area contributed by atoms with Crippen LogP contribution in [0, 0.1) is 11.7 Å². The molecule has 5 heteroatoms. The molecule has 0 saturated carbocycles. The van der Waals surface area contributed by atoms with E-state index in [1.54, 1.807) is 12.1 Å². The first-order chi connectivity index (χ1) is 12.4. The highest BCUT2D eigenvalue weighted by Crippen LogP contribution is 2.16. The first-order valence-corrected chi connectivity index (χ1v) is 9.18. The fraction of sp³-hybridized carbons (Fsp3) is 0.476. The summed E-state index contributed by atoms with van der Waals surface area (Å²) in [4.78, 5) is 14.2. The SMILES string of the molecule is CCOC(=O)CN(Cc1cccn1Cc1ccc(F)cc1)[C@H](C)C(C)C. The summed E-state index contributed by atoms with van der Waals surface area (Å²) in [7, 11) is 0. The lowest BCUT2D eigenvalue weighted by Crippen LogP contribution is -2.40. The van der Waals surface area contributed by atoms with Crippen LogP contribution in [-0.4, -0.2) is 34.6 Å². The lowest BCUT2D eigenvalue weighted by atomic mass is 10.0. The number of carbonyl (C=O) groups is 1. The Morgan fingerprint density at radius 2 is 1.88 bits per heavy atom. The number of esters is 1. The van der Waals surface area contributed by atoms with Gasteiger partial charge in [0, 0.05) is 31.0 Å². The third kappa shape index (κ3) is 5.70. The van der Waals surface area contributed by atoms with Crippen LogP contribution in [0.4, 0.5) is 4.39 Å². The number of aromatic nitrogens is 1. The number of carbonyl (C=O) groups excluding carboxylic acids is 1. The molecular formula is C21H29FN2O2. The summed E-state index contributed by atoms with van der Waals surface area (Å²) in [5.41, 5.74) is 2.16. The smallest absolute Gasteiger partial charge is 0.320 e. The van der Waals surface area contributed by atoms with Crippen LogP contribution in [0.3, 0.4) is 0 Å². The third-order valence-corrected chi connectivity index (χ3v) is 4.73. The first kappa shape index (κ1) is 20.2. The van der Waals surface area contributed by atoms with Crippen molar-refractivity contribution in [2.75, 3.05) is 13.2 Å². The molecule has 1 aromatic carbocycles. The molecular weight excluding hydrogens is 331 g/mol. The molecule has 0 aliphatic heterocycles. The molecule has 2 rings (SSSR count). The lowest BCUT2D eigenvalue weighted by Gasteiger charge is -2.31. The standard InChI is InChI=1S/C21H29FN2O2/c1-5-26-21(25)15-24(17(4)16(2)3)14-20-7-6-12-23(20)13-18-8-10-19(22)11-9-18/h6-12,16-17H,5,13-15H2,1-4H3/t17-/m1/s1. The Morgan fingerprint density at radius 1 is 1.19 bits per heavy atom. The van der Waals surface area contributed by atoms with Gasteiger partial charge in [-0.3, -0.25) is 9.69 Å². The quantitative estimate of drug-likeness (QED) is 0.632. The summed E-state index contributed by atoms with van der Waals surface area (Å²) in [6.45, 7) is 10.3. The molecule has 0 spiro atoms. The van der Waals surface area contributed by atoms with Crippen molar-refractivity contribution in [3.8, 4) is 0 Å². The first-order valence-electron chi connectivity index (χ1n) is 9.18. The molecule has 4 nitrogen and oxygen atoms in total. The van der Waals surface area contributed by atoms with Crippen molar-refractivity contribution in [3.63, 3.8) is 0 Å². The van der Waals surface area contributed by atoms with Gasteiger partial charge in [0.25, 0.3) is 0 Å². The van der Waals surface area contributed by atoms with Crippen LogP contribution in [0.5, 0.6) is 0 Å². The van der Waals surface area contributed by atoms with E-state index < -0.39 is 0 Å². The van der Waals surface area contributed by atoms with Crippen molar-refractivity contribution in [2.24, 2.45) is 5.92 Å². The van der Waals surface area contributed by atoms with Gasteiger partial charge in [0.05, 0.1) is 13.2 Å². The molecule has 142 valence electrons. The number of rotatable bonds is 9. The highest BCUT2D eigenvalue weighted by atomic mass is 19.1. The molecule has 1 atom stereocenters. The molecule has 0 aliphatic carbocycles. The molecule has 2 aromatic rings. The number of hydrogen-bond acceptors (Lipinski definition) is 3. The second-order valence-electron chi connectivity index (χ2n) is 6.95. The van der Waals surface area contributed by atoms with Crippen molar-refractivity contribution >= 4 is 5.97 Å². The molecule has 0 bridgehead atoms. The van der Waals surface area contributed by atoms with Crippen LogP contribution in [-0.2, 0) is 22.6 Å². The molecule has 0 amide bonds. The fourth-order valence-electron chi connectivity index (χ4n) is 2.88. The normalized spacial score (nSPS) is 12.6. The summed E-state index contributed by atoms with van der Waals surface area (Å²) in [5, 5.41) is 0. The Labute approximate surface area is 155 Å². The van der Waals surface area contributed by atoms with E-state index in [-0.39, 0.29) is 24.4 Å². The average molecular weight is 360 g/mol. The topological polar surface area (TPSA) is 34.5 Å². The van der Waals surface area contributed by atoms with Crippen LogP contribution >= 0.6 is 0 Å². The van der Waals surface area contributed by atoms with Crippen LogP contribution in [0.1, 0.15) is 39.0 Å². The van der Waals surface area contributed by atoms with Crippen molar-refractivity contribution in [1.82, 2.24) is 9.47 Å². The van der Waals surface area contributed by atoms with Gasteiger partial charge in [-0.15, -0.1) is 0 Å². The summed E-state index contributed by atoms with van der Waals surface area (Å²) in [6.07, 6.45) is 2.02. The minimum Gasteiger partial charge on any atom is -0.465 e. The van der Waals surface area contributed by atoms with E-state index in [4.69, 9.17) is 4.74 Å². The van der Waals surface area contributed by atoms with Crippen molar-refractivity contribution in [2.45, 2.75) is 46.8 Å². The minimum absolute atomic E-state index is 0.198. The van der Waals surface area contributed by atoms with Crippen LogP contribution in [0.25, 0.3) is 0 Å². The van der Waals surface area contributed by atoms with Gasteiger partial charge < -0.3 is 9.30 Å². The maximum atomic E-state index is 13.1. The molecule has 0 fully saturated rings. The van der Waals surface area contributed by atoms with Crippen LogP contribution < -0.4 is 0 Å². The second-order valence-corrected chi connectivity index (χ2v) is 6.95. The average Bonchev–Trinajstić information content (AvgIpc) is 3.02. The number of benzene rings is 1. The lowest BCUT2D eigenvalue weighted by molar-refractivity contribution is -0.145. The van der Waals surface area contributed by atoms with Crippen molar-refractivity contribution in [1.29, 1.82) is 0 Å². The third-order valence-electron chi connectivity index (χ3n) is 4.73. The fourth-order valence-corrected chi connectivity index (χ4v) is 2.88. The van der Waals surface area contributed by atoms with E-state index >= 15 is 0 Å². The van der Waals surface area contributed by atoms with Gasteiger partial charge in [-0.1, -0.05) is 26.0 Å². The van der Waals surface area contributed by atoms with Crippen molar-refractivity contribution in [3.05, 3.63) is 59.7 Å². The van der Waals surface area contributed by atoms with Gasteiger partial charge in [-0.05, 0) is 49.6 Å². The Bertz CT molecular complexity index is 694. The zero-order valence-electron chi connectivity index (χ0n) is 16.1. The molecule has 0 N–H and O–H groups in total. The second kappa shape index (κ2) is 9.53. The number of ether oxygens (including phenoxy) is 1. The highest BCUT2D eigenvalue weighted by molar-refractivity contribution is 5.71. The molecule has 1 heterocycles. The highest BCUT2D eigenvalue weighted by Gasteiger charge is 2.22. The summed E-state index contributed by atoms with van der Waals surface area (Å²) >= 11 is 0. The number of halogens is 1. The van der Waals surface area contributed by atoms with E-state index in [0.717, 1.165) is 11.3 Å². The van der Waals surface area contributed by atoms with E-state index in [0.29, 0.717) is 25.6 Å². The maximum absolute atomic E-state index is 13.1. The Kier molecular flexibility index (Phi) is 7.39. The molecule has 26 heavy (non-hydrogen) atoms. The Hall–Kier alpha value is -2.14. The molecule has 0 aliphatic rings. The molecule has 1 aromatic heterocycles. The minimum atomic E-state index is -0.229. The van der Waals surface area contributed by atoms with Gasteiger partial charge in [0.1, 0.15) is 5.82 Å². The van der Waals surface area contributed by atoms with Gasteiger partial charge in [-0.25, -0.2) is 4.39 Å². The molecule has 0 radical (unpaired) electrons. The number of hydrogen-bond donors (Lipinski definition) is 0. The Balaban J connectivity index is 2.13. The predicted octanol–water partition coefficient (Wildman–Crippen LogP) is 4.09. The largest absolute Gasteiger partial charge is 0.465 e. The number of nitrogens with zero attached hydrogens (tertiary/aromatic N) is 2. The summed E-state index contributed by atoms with van der Waals surface area (Å²) < 4.78 is 20.4. The van der Waals surface area contributed by atoms with Gasteiger partial charge in [0.2, 0.25) is 0 Å². The van der Waals surface area contributed by atoms with E-state index in [1.807, 2.05) is 19.2 Å². The van der Waals surface area contributed by atoms with Gasteiger partial charge in [-0.2, -0.15) is 0 Å². The van der Waals surface area contributed by atoms with Gasteiger partial charge in [0.15, 0.2) is 0 Å². The van der Waals surface area contributed by atoms with Gasteiger partial charge >= 0.3 is 5.97 Å². The zero-order valence-corrected chi connectivity index (χ0v) is 16.1. The van der Waals surface area contributed by atoms with Crippen LogP contribution in [0.15, 0.2) is 42.6 Å². The maximum Gasteiger partial charge on any atom is 0.320 e.